The molecule has 0 spiro atoms. The van der Waals surface area contributed by atoms with Crippen LogP contribution in [-0.4, -0.2) is 31.6 Å². The topological polar surface area (TPSA) is 38.3 Å². The number of ketones is 1. The Labute approximate surface area is 97.9 Å². The first-order valence-electron chi connectivity index (χ1n) is 6.67. The summed E-state index contributed by atoms with van der Waals surface area (Å²) in [5, 5.41) is 3.39. The Morgan fingerprint density at radius 1 is 1.12 bits per heavy atom. The molecule has 0 atom stereocenters. The monoisotopic (exact) mass is 225 g/mol. The zero-order valence-electron chi connectivity index (χ0n) is 10.0. The van der Waals surface area contributed by atoms with Gasteiger partial charge in [0.2, 0.25) is 0 Å². The number of nitrogens with one attached hydrogen (secondary N) is 1. The average molecular weight is 225 g/mol. The van der Waals surface area contributed by atoms with Gasteiger partial charge < -0.3 is 10.1 Å². The van der Waals surface area contributed by atoms with Gasteiger partial charge in [0.1, 0.15) is 5.78 Å². The number of carbonyl (C=O) groups is 1. The maximum atomic E-state index is 11.8. The molecule has 1 aliphatic heterocycles. The highest BCUT2D eigenvalue weighted by Gasteiger charge is 2.19. The fraction of sp³-hybridized carbons (Fsp3) is 0.923. The molecule has 1 heterocycles. The molecule has 2 fully saturated rings. The van der Waals surface area contributed by atoms with E-state index in [0.29, 0.717) is 24.3 Å². The zero-order chi connectivity index (χ0) is 11.2. The maximum absolute atomic E-state index is 11.8. The van der Waals surface area contributed by atoms with Gasteiger partial charge in [-0.25, -0.2) is 0 Å². The molecule has 0 unspecified atom stereocenters. The summed E-state index contributed by atoms with van der Waals surface area (Å²) in [4.78, 5) is 11.8. The van der Waals surface area contributed by atoms with Crippen LogP contribution in [0.15, 0.2) is 0 Å². The standard InChI is InChI=1S/C13H23NO2/c15-13(9-11-5-7-16-8-6-11)10-14-12-3-1-2-4-12/h11-12,14H,1-10H2. The van der Waals surface area contributed by atoms with Crippen LogP contribution in [0.2, 0.25) is 0 Å². The fourth-order valence-corrected chi connectivity index (χ4v) is 2.73. The van der Waals surface area contributed by atoms with Gasteiger partial charge in [-0.05, 0) is 31.6 Å². The smallest absolute Gasteiger partial charge is 0.146 e. The minimum absolute atomic E-state index is 0.388. The van der Waals surface area contributed by atoms with Gasteiger partial charge in [-0.1, -0.05) is 12.8 Å². The minimum atomic E-state index is 0.388. The summed E-state index contributed by atoms with van der Waals surface area (Å²) in [5.74, 6) is 0.963. The van der Waals surface area contributed by atoms with Crippen molar-refractivity contribution in [2.75, 3.05) is 19.8 Å². The van der Waals surface area contributed by atoms with Crippen molar-refractivity contribution in [2.45, 2.75) is 51.0 Å². The third-order valence-corrected chi connectivity index (χ3v) is 3.80. The van der Waals surface area contributed by atoms with Crippen molar-refractivity contribution < 1.29 is 9.53 Å². The first-order chi connectivity index (χ1) is 7.84. The summed E-state index contributed by atoms with van der Waals surface area (Å²) in [7, 11) is 0. The summed E-state index contributed by atoms with van der Waals surface area (Å²) in [5.41, 5.74) is 0. The molecule has 0 aromatic heterocycles. The van der Waals surface area contributed by atoms with Crippen molar-refractivity contribution >= 4 is 5.78 Å². The Hall–Kier alpha value is -0.410. The SMILES string of the molecule is O=C(CNC1CCCC1)CC1CCOCC1. The van der Waals surface area contributed by atoms with E-state index in [0.717, 1.165) is 32.5 Å². The summed E-state index contributed by atoms with van der Waals surface area (Å²) in [6.07, 6.45) is 8.04. The zero-order valence-corrected chi connectivity index (χ0v) is 10.0. The molecule has 2 rings (SSSR count). The van der Waals surface area contributed by atoms with Crippen LogP contribution in [0.4, 0.5) is 0 Å². The van der Waals surface area contributed by atoms with Crippen molar-refractivity contribution in [3.8, 4) is 0 Å². The number of ether oxygens (including phenoxy) is 1. The Morgan fingerprint density at radius 2 is 1.81 bits per heavy atom. The van der Waals surface area contributed by atoms with E-state index in [1.165, 1.54) is 25.7 Å². The molecule has 3 heteroatoms. The summed E-state index contributed by atoms with van der Waals surface area (Å²) >= 11 is 0. The third-order valence-electron chi connectivity index (χ3n) is 3.80. The lowest BCUT2D eigenvalue weighted by Gasteiger charge is -2.21. The maximum Gasteiger partial charge on any atom is 0.146 e. The van der Waals surface area contributed by atoms with Crippen LogP contribution in [0.5, 0.6) is 0 Å². The predicted molar refractivity (Wildman–Crippen MR) is 63.4 cm³/mol. The second kappa shape index (κ2) is 6.36. The molecule has 16 heavy (non-hydrogen) atoms. The highest BCUT2D eigenvalue weighted by Crippen LogP contribution is 2.19. The molecule has 1 aliphatic carbocycles. The van der Waals surface area contributed by atoms with Crippen LogP contribution in [0, 0.1) is 5.92 Å². The number of rotatable bonds is 5. The van der Waals surface area contributed by atoms with Gasteiger partial charge in [0.15, 0.2) is 0 Å². The molecule has 0 radical (unpaired) electrons. The van der Waals surface area contributed by atoms with Crippen LogP contribution < -0.4 is 5.32 Å². The molecule has 0 bridgehead atoms. The molecule has 1 saturated carbocycles. The highest BCUT2D eigenvalue weighted by molar-refractivity contribution is 5.80. The Balaban J connectivity index is 1.59. The minimum Gasteiger partial charge on any atom is -0.381 e. The third kappa shape index (κ3) is 3.87. The quantitative estimate of drug-likeness (QED) is 0.776. The average Bonchev–Trinajstić information content (AvgIpc) is 2.81. The molecule has 0 aromatic rings. The van der Waals surface area contributed by atoms with E-state index in [1.807, 2.05) is 0 Å². The van der Waals surface area contributed by atoms with Gasteiger partial charge in [0, 0.05) is 25.7 Å². The molecule has 92 valence electrons. The highest BCUT2D eigenvalue weighted by atomic mass is 16.5. The van der Waals surface area contributed by atoms with Gasteiger partial charge in [-0.2, -0.15) is 0 Å². The van der Waals surface area contributed by atoms with Gasteiger partial charge >= 0.3 is 0 Å². The van der Waals surface area contributed by atoms with Crippen LogP contribution in [0.25, 0.3) is 0 Å². The van der Waals surface area contributed by atoms with Gasteiger partial charge in [-0.15, -0.1) is 0 Å². The molecule has 0 amide bonds. The lowest BCUT2D eigenvalue weighted by Crippen LogP contribution is -2.32. The van der Waals surface area contributed by atoms with Crippen molar-refractivity contribution in [1.82, 2.24) is 5.32 Å². The lowest BCUT2D eigenvalue weighted by atomic mass is 9.94. The summed E-state index contributed by atoms with van der Waals surface area (Å²) in [6.45, 7) is 2.27. The Kier molecular flexibility index (Phi) is 4.79. The van der Waals surface area contributed by atoms with E-state index in [1.54, 1.807) is 0 Å². The largest absolute Gasteiger partial charge is 0.381 e. The number of carbonyl (C=O) groups excluding carboxylic acids is 1. The molecular formula is C13H23NO2. The Morgan fingerprint density at radius 3 is 2.50 bits per heavy atom. The van der Waals surface area contributed by atoms with Crippen molar-refractivity contribution in [3.63, 3.8) is 0 Å². The normalized spacial score (nSPS) is 23.8. The number of Topliss-reactive ketones (excluding diaryl/α,β-unsaturated/α-hetero) is 1. The molecule has 0 aromatic carbocycles. The van der Waals surface area contributed by atoms with Gasteiger partial charge in [-0.3, -0.25) is 4.79 Å². The molecular weight excluding hydrogens is 202 g/mol. The fourth-order valence-electron chi connectivity index (χ4n) is 2.73. The van der Waals surface area contributed by atoms with Crippen LogP contribution in [0.3, 0.4) is 0 Å². The first-order valence-corrected chi connectivity index (χ1v) is 6.67. The molecule has 3 nitrogen and oxygen atoms in total. The second-order valence-corrected chi connectivity index (χ2v) is 5.16. The first kappa shape index (κ1) is 12.1. The van der Waals surface area contributed by atoms with Crippen molar-refractivity contribution in [2.24, 2.45) is 5.92 Å². The summed E-state index contributed by atoms with van der Waals surface area (Å²) < 4.78 is 5.30. The summed E-state index contributed by atoms with van der Waals surface area (Å²) in [6, 6.07) is 0.610. The molecule has 1 saturated heterocycles. The van der Waals surface area contributed by atoms with E-state index in [9.17, 15) is 4.79 Å². The predicted octanol–water partition coefficient (Wildman–Crippen LogP) is 1.90. The molecule has 2 aliphatic rings. The van der Waals surface area contributed by atoms with Crippen LogP contribution in [0.1, 0.15) is 44.9 Å². The van der Waals surface area contributed by atoms with E-state index >= 15 is 0 Å². The number of hydrogen-bond acceptors (Lipinski definition) is 3. The lowest BCUT2D eigenvalue weighted by molar-refractivity contribution is -0.119. The van der Waals surface area contributed by atoms with E-state index in [2.05, 4.69) is 5.32 Å². The van der Waals surface area contributed by atoms with Crippen molar-refractivity contribution in [1.29, 1.82) is 0 Å². The van der Waals surface area contributed by atoms with Crippen LogP contribution in [-0.2, 0) is 9.53 Å². The van der Waals surface area contributed by atoms with E-state index in [-0.39, 0.29) is 0 Å². The molecule has 1 N–H and O–H groups in total. The number of hydrogen-bond donors (Lipinski definition) is 1. The van der Waals surface area contributed by atoms with Gasteiger partial charge in [0.25, 0.3) is 0 Å². The Bertz CT molecular complexity index is 218. The van der Waals surface area contributed by atoms with Crippen molar-refractivity contribution in [3.05, 3.63) is 0 Å². The van der Waals surface area contributed by atoms with Gasteiger partial charge in [0.05, 0.1) is 6.54 Å². The van der Waals surface area contributed by atoms with E-state index in [4.69, 9.17) is 4.74 Å². The van der Waals surface area contributed by atoms with E-state index < -0.39 is 0 Å². The van der Waals surface area contributed by atoms with Crippen LogP contribution >= 0.6 is 0 Å². The second-order valence-electron chi connectivity index (χ2n) is 5.16.